The molecule has 0 aliphatic rings. The smallest absolute Gasteiger partial charge is 0.192 e. The predicted octanol–water partition coefficient (Wildman–Crippen LogP) is 4.30. The summed E-state index contributed by atoms with van der Waals surface area (Å²) in [7, 11) is -2.01. The van der Waals surface area contributed by atoms with Gasteiger partial charge in [-0.2, -0.15) is 0 Å². The van der Waals surface area contributed by atoms with Crippen molar-refractivity contribution in [1.29, 1.82) is 0 Å². The number of benzene rings is 1. The fraction of sp³-hybridized carbons (Fsp3) is 0.500. The second-order valence-electron chi connectivity index (χ2n) is 6.11. The Morgan fingerprint density at radius 2 is 1.79 bits per heavy atom. The predicted molar refractivity (Wildman–Crippen MR) is 73.7 cm³/mol. The van der Waals surface area contributed by atoms with Crippen LogP contribution in [-0.2, 0) is 11.0 Å². The van der Waals surface area contributed by atoms with Crippen molar-refractivity contribution in [3.63, 3.8) is 0 Å². The standard InChI is InChI=1S/C14H20F2O2Si/c1-14(2,3)19(4,5)18-9-11-7-6-10(8-17)12(15)13(11)16/h6-8H,9H2,1-5H3. The fourth-order valence-corrected chi connectivity index (χ4v) is 2.23. The van der Waals surface area contributed by atoms with Crippen LogP contribution in [0.4, 0.5) is 8.78 Å². The van der Waals surface area contributed by atoms with Gasteiger partial charge in [-0.1, -0.05) is 26.8 Å². The minimum absolute atomic E-state index is 0.00472. The van der Waals surface area contributed by atoms with Gasteiger partial charge >= 0.3 is 0 Å². The molecule has 0 saturated heterocycles. The molecule has 0 aromatic heterocycles. The van der Waals surface area contributed by atoms with Crippen LogP contribution in [0.25, 0.3) is 0 Å². The van der Waals surface area contributed by atoms with Crippen molar-refractivity contribution in [3.8, 4) is 0 Å². The molecule has 2 nitrogen and oxygen atoms in total. The molecule has 1 rings (SSSR count). The Morgan fingerprint density at radius 1 is 1.21 bits per heavy atom. The monoisotopic (exact) mass is 286 g/mol. The van der Waals surface area contributed by atoms with Gasteiger partial charge in [-0.3, -0.25) is 4.79 Å². The van der Waals surface area contributed by atoms with E-state index in [2.05, 4.69) is 20.8 Å². The van der Waals surface area contributed by atoms with E-state index >= 15 is 0 Å². The molecule has 0 aliphatic heterocycles. The molecule has 0 unspecified atom stereocenters. The minimum atomic E-state index is -2.01. The molecule has 0 spiro atoms. The van der Waals surface area contributed by atoms with Gasteiger partial charge in [0.05, 0.1) is 12.2 Å². The summed E-state index contributed by atoms with van der Waals surface area (Å²) in [5, 5.41) is 0.00472. The molecule has 0 N–H and O–H groups in total. The summed E-state index contributed by atoms with van der Waals surface area (Å²) >= 11 is 0. The molecule has 0 atom stereocenters. The zero-order valence-electron chi connectivity index (χ0n) is 12.0. The van der Waals surface area contributed by atoms with E-state index in [1.807, 2.05) is 13.1 Å². The molecule has 0 bridgehead atoms. The maximum atomic E-state index is 13.7. The zero-order valence-corrected chi connectivity index (χ0v) is 13.0. The van der Waals surface area contributed by atoms with E-state index in [-0.39, 0.29) is 22.8 Å². The SMILES string of the molecule is CC(C)(C)[Si](C)(C)OCc1ccc(C=O)c(F)c1F. The summed E-state index contributed by atoms with van der Waals surface area (Å²) < 4.78 is 33.0. The van der Waals surface area contributed by atoms with Crippen LogP contribution in [0.2, 0.25) is 18.1 Å². The Bertz CT molecular complexity index is 479. The van der Waals surface area contributed by atoms with Crippen molar-refractivity contribution in [2.75, 3.05) is 0 Å². The molecule has 0 saturated carbocycles. The number of rotatable bonds is 4. The summed E-state index contributed by atoms with van der Waals surface area (Å²) in [5.74, 6) is -2.10. The van der Waals surface area contributed by atoms with E-state index in [4.69, 9.17) is 4.43 Å². The molecule has 0 aliphatic carbocycles. The first kappa shape index (κ1) is 16.0. The van der Waals surface area contributed by atoms with Gasteiger partial charge in [0.1, 0.15) is 0 Å². The van der Waals surface area contributed by atoms with Gasteiger partial charge in [-0.25, -0.2) is 8.78 Å². The third-order valence-corrected chi connectivity index (χ3v) is 8.19. The second kappa shape index (κ2) is 5.51. The van der Waals surface area contributed by atoms with E-state index in [1.54, 1.807) is 0 Å². The Labute approximate surface area is 113 Å². The lowest BCUT2D eigenvalue weighted by Gasteiger charge is -2.36. The molecule has 0 heterocycles. The molecule has 1 aromatic rings. The lowest BCUT2D eigenvalue weighted by Crippen LogP contribution is -2.40. The van der Waals surface area contributed by atoms with Crippen LogP contribution in [0, 0.1) is 11.6 Å². The van der Waals surface area contributed by atoms with Gasteiger partial charge in [-0.15, -0.1) is 0 Å². The topological polar surface area (TPSA) is 26.3 Å². The van der Waals surface area contributed by atoms with Crippen molar-refractivity contribution in [2.24, 2.45) is 0 Å². The second-order valence-corrected chi connectivity index (χ2v) is 10.9. The van der Waals surface area contributed by atoms with Crippen LogP contribution in [-0.4, -0.2) is 14.6 Å². The molecular weight excluding hydrogens is 266 g/mol. The van der Waals surface area contributed by atoms with E-state index in [1.165, 1.54) is 12.1 Å². The molecule has 1 aromatic carbocycles. The van der Waals surface area contributed by atoms with Gasteiger partial charge in [0.25, 0.3) is 0 Å². The Hall–Kier alpha value is -1.07. The van der Waals surface area contributed by atoms with Crippen molar-refractivity contribution < 1.29 is 18.0 Å². The molecule has 0 radical (unpaired) electrons. The number of halogens is 2. The highest BCUT2D eigenvalue weighted by atomic mass is 28.4. The van der Waals surface area contributed by atoms with E-state index in [9.17, 15) is 13.6 Å². The average Bonchev–Trinajstić information content (AvgIpc) is 2.29. The third kappa shape index (κ3) is 3.48. The molecule has 0 amide bonds. The zero-order chi connectivity index (χ0) is 14.8. The summed E-state index contributed by atoms with van der Waals surface area (Å²) in [5.41, 5.74) is -0.124. The lowest BCUT2D eigenvalue weighted by molar-refractivity contribution is 0.111. The van der Waals surface area contributed by atoms with Gasteiger partial charge in [0, 0.05) is 5.56 Å². The number of hydrogen-bond acceptors (Lipinski definition) is 2. The quantitative estimate of drug-likeness (QED) is 0.609. The van der Waals surface area contributed by atoms with Crippen LogP contribution in [0.3, 0.4) is 0 Å². The Balaban J connectivity index is 2.91. The Kier molecular flexibility index (Phi) is 4.63. The van der Waals surface area contributed by atoms with E-state index < -0.39 is 20.0 Å². The number of aldehydes is 1. The van der Waals surface area contributed by atoms with E-state index in [0.29, 0.717) is 6.29 Å². The van der Waals surface area contributed by atoms with Crippen molar-refractivity contribution in [1.82, 2.24) is 0 Å². The number of carbonyl (C=O) groups excluding carboxylic acids is 1. The molecular formula is C14H20F2O2Si. The number of hydrogen-bond donors (Lipinski definition) is 0. The number of carbonyl (C=O) groups is 1. The highest BCUT2D eigenvalue weighted by Crippen LogP contribution is 2.37. The third-order valence-electron chi connectivity index (χ3n) is 3.71. The summed E-state index contributed by atoms with van der Waals surface area (Å²) in [4.78, 5) is 10.5. The van der Waals surface area contributed by atoms with Crippen molar-refractivity contribution in [2.45, 2.75) is 45.5 Å². The first-order chi connectivity index (χ1) is 8.60. The largest absolute Gasteiger partial charge is 0.412 e. The van der Waals surface area contributed by atoms with Crippen molar-refractivity contribution in [3.05, 3.63) is 34.9 Å². The van der Waals surface area contributed by atoms with Crippen LogP contribution in [0.5, 0.6) is 0 Å². The summed E-state index contributed by atoms with van der Waals surface area (Å²) in [6.45, 7) is 10.3. The van der Waals surface area contributed by atoms with Crippen LogP contribution >= 0.6 is 0 Å². The van der Waals surface area contributed by atoms with Crippen LogP contribution in [0.15, 0.2) is 12.1 Å². The summed E-state index contributed by atoms with van der Waals surface area (Å²) in [6, 6.07) is 2.67. The normalized spacial score (nSPS) is 12.6. The highest BCUT2D eigenvalue weighted by molar-refractivity contribution is 6.74. The van der Waals surface area contributed by atoms with Crippen molar-refractivity contribution >= 4 is 14.6 Å². The maximum Gasteiger partial charge on any atom is 0.192 e. The maximum absolute atomic E-state index is 13.7. The molecule has 19 heavy (non-hydrogen) atoms. The fourth-order valence-electron chi connectivity index (χ4n) is 1.28. The first-order valence-corrected chi connectivity index (χ1v) is 9.07. The Morgan fingerprint density at radius 3 is 2.26 bits per heavy atom. The average molecular weight is 286 g/mol. The van der Waals surface area contributed by atoms with Gasteiger partial charge in [0.2, 0.25) is 0 Å². The molecule has 0 fully saturated rings. The molecule has 5 heteroatoms. The molecule has 106 valence electrons. The van der Waals surface area contributed by atoms with E-state index in [0.717, 1.165) is 0 Å². The summed E-state index contributed by atoms with van der Waals surface area (Å²) in [6.07, 6.45) is 0.302. The first-order valence-electron chi connectivity index (χ1n) is 6.16. The van der Waals surface area contributed by atoms with Crippen LogP contribution in [0.1, 0.15) is 36.7 Å². The van der Waals surface area contributed by atoms with Gasteiger partial charge in [0.15, 0.2) is 26.2 Å². The van der Waals surface area contributed by atoms with Gasteiger partial charge in [-0.05, 0) is 24.2 Å². The lowest BCUT2D eigenvalue weighted by atomic mass is 10.1. The van der Waals surface area contributed by atoms with Crippen LogP contribution < -0.4 is 0 Å². The highest BCUT2D eigenvalue weighted by Gasteiger charge is 2.37. The minimum Gasteiger partial charge on any atom is -0.412 e. The van der Waals surface area contributed by atoms with Gasteiger partial charge < -0.3 is 4.43 Å².